The number of ether oxygens (including phenoxy) is 8. The van der Waals surface area contributed by atoms with Gasteiger partial charge in [0.2, 0.25) is 0 Å². The number of nitrogens with two attached hydrogens (primary N) is 1. The predicted octanol–water partition coefficient (Wildman–Crippen LogP) is 6.48. The molecule has 5 aliphatic rings. The predicted molar refractivity (Wildman–Crippen MR) is 347 cm³/mol. The minimum Gasteiger partial charge on any atom is -0.460 e. The summed E-state index contributed by atoms with van der Waals surface area (Å²) in [4.78, 5) is 70.1. The number of aliphatic hydroxyl groups is 5. The fourth-order valence-electron chi connectivity index (χ4n) is 14.0. The van der Waals surface area contributed by atoms with Crippen LogP contribution in [0.15, 0.2) is 108 Å². The van der Waals surface area contributed by atoms with Crippen LogP contribution in [0.25, 0.3) is 0 Å². The third-order valence-corrected chi connectivity index (χ3v) is 19.4. The van der Waals surface area contributed by atoms with Gasteiger partial charge in [-0.2, -0.15) is 0 Å². The number of likely N-dealkylation sites (N-methyl/N-ethyl adjacent to an activating group) is 1. The van der Waals surface area contributed by atoms with Crippen molar-refractivity contribution in [3.05, 3.63) is 134 Å². The number of benzene rings is 3. The Bertz CT molecular complexity index is 3120. The molecule has 0 aromatic heterocycles. The minimum atomic E-state index is -1.99. The zero-order chi connectivity index (χ0) is 69.6. The Morgan fingerprint density at radius 1 is 0.840 bits per heavy atom. The van der Waals surface area contributed by atoms with Gasteiger partial charge < -0.3 is 79.4 Å². The van der Waals surface area contributed by atoms with E-state index < -0.39 is 143 Å². The summed E-state index contributed by atoms with van der Waals surface area (Å²) in [5, 5.41) is 72.1. The number of aliphatic hydroxyl groups excluding tert-OH is 3. The molecule has 0 spiro atoms. The van der Waals surface area contributed by atoms with E-state index in [9.17, 15) is 54.8 Å². The summed E-state index contributed by atoms with van der Waals surface area (Å²) >= 11 is 0. The number of allylic oxidation sites excluding steroid dienone is 1. The molecule has 0 amide bonds. The molecule has 5 aliphatic heterocycles. The summed E-state index contributed by atoms with van der Waals surface area (Å²) in [5.74, 6) is -7.35. The maximum atomic E-state index is 14.1. The molecule has 4 saturated heterocycles. The van der Waals surface area contributed by atoms with E-state index in [4.69, 9.17) is 43.6 Å². The second kappa shape index (κ2) is 31.3. The maximum absolute atomic E-state index is 14.1. The highest BCUT2D eigenvalue weighted by Gasteiger charge is 2.54. The SMILES string of the molecule is CC1=C(C(=O)OC(C)C)C(c2cccc([N+](=O)[O-])c2)C(C(=O)OC2CN(C(c3ccccc3)c3ccccc3)C2)=C(N)N1.CC[C@H]1OC(=O)[C@H](C)[C@@H](O[C@H]2C[C@@](C)(OC)[C@@H](O)[C@H](C)O2)[C@H](C)[C@@H](O[C@@H]2O[C@H](C)C[C@H](N(C)C)[C@H]2O)[C@](C)(O)C[C@@H](C)C(=O)[C@H](C)[C@@H](O)[C@]1(C)O. The van der Waals surface area contributed by atoms with Crippen molar-refractivity contribution < 1.29 is 87.5 Å². The third-order valence-electron chi connectivity index (χ3n) is 19.4. The van der Waals surface area contributed by atoms with Crippen molar-refractivity contribution in [3.63, 3.8) is 0 Å². The van der Waals surface area contributed by atoms with Crippen molar-refractivity contribution in [2.24, 2.45) is 29.4 Å². The molecule has 0 saturated carbocycles. The number of nitro groups is 1. The molecular formula is C70H101N5O19. The number of hydrogen-bond acceptors (Lipinski definition) is 23. The largest absolute Gasteiger partial charge is 0.460 e. The second-order valence-corrected chi connectivity index (χ2v) is 27.4. The van der Waals surface area contributed by atoms with Gasteiger partial charge in [-0.05, 0) is 112 Å². The Labute approximate surface area is 552 Å². The smallest absolute Gasteiger partial charge is 0.339 e. The van der Waals surface area contributed by atoms with E-state index in [0.29, 0.717) is 30.8 Å². The number of dihydropyridines is 1. The number of rotatable bonds is 16. The van der Waals surface area contributed by atoms with Crippen molar-refractivity contribution >= 4 is 29.4 Å². The van der Waals surface area contributed by atoms with Gasteiger partial charge in [0, 0.05) is 68.2 Å². The maximum Gasteiger partial charge on any atom is 0.339 e. The van der Waals surface area contributed by atoms with E-state index in [2.05, 4.69) is 34.5 Å². The summed E-state index contributed by atoms with van der Waals surface area (Å²) in [6.07, 6.45) is -10.6. The number of nitrogens with zero attached hydrogens (tertiary/aromatic N) is 3. The lowest BCUT2D eigenvalue weighted by molar-refractivity contribution is -0.384. The normalized spacial score (nSPS) is 35.0. The Balaban J connectivity index is 0.000000269. The number of methoxy groups -OCH3 is 1. The van der Waals surface area contributed by atoms with Crippen LogP contribution >= 0.6 is 0 Å². The van der Waals surface area contributed by atoms with Gasteiger partial charge in [-0.3, -0.25) is 24.6 Å². The van der Waals surface area contributed by atoms with E-state index >= 15 is 0 Å². The van der Waals surface area contributed by atoms with Crippen molar-refractivity contribution in [2.75, 3.05) is 34.3 Å². The number of nitrogens with one attached hydrogen (secondary N) is 1. The molecule has 19 atom stereocenters. The van der Waals surface area contributed by atoms with Crippen LogP contribution < -0.4 is 11.1 Å². The lowest BCUT2D eigenvalue weighted by atomic mass is 9.74. The van der Waals surface area contributed by atoms with Crippen LogP contribution in [0.3, 0.4) is 0 Å². The number of ketones is 1. The molecular weight excluding hydrogens is 1210 g/mol. The third kappa shape index (κ3) is 16.9. The van der Waals surface area contributed by atoms with E-state index in [-0.39, 0.29) is 60.1 Å². The highest BCUT2D eigenvalue weighted by molar-refractivity contribution is 6.00. The Morgan fingerprint density at radius 2 is 1.45 bits per heavy atom. The molecule has 520 valence electrons. The van der Waals surface area contributed by atoms with Crippen LogP contribution in [-0.4, -0.2) is 195 Å². The molecule has 0 aliphatic carbocycles. The van der Waals surface area contributed by atoms with E-state index in [1.54, 1.807) is 68.4 Å². The summed E-state index contributed by atoms with van der Waals surface area (Å²) in [6, 6.07) is 25.7. The number of cyclic esters (lactones) is 1. The first kappa shape index (κ1) is 75.1. The van der Waals surface area contributed by atoms with Crippen LogP contribution in [0.1, 0.15) is 144 Å². The highest BCUT2D eigenvalue weighted by Crippen LogP contribution is 2.44. The molecule has 94 heavy (non-hydrogen) atoms. The van der Waals surface area contributed by atoms with Crippen LogP contribution in [0.2, 0.25) is 0 Å². The van der Waals surface area contributed by atoms with Gasteiger partial charge in [0.15, 0.2) is 12.6 Å². The van der Waals surface area contributed by atoms with Gasteiger partial charge >= 0.3 is 17.9 Å². The van der Waals surface area contributed by atoms with Gasteiger partial charge in [-0.1, -0.05) is 100 Å². The molecule has 3 aromatic rings. The molecule has 0 bridgehead atoms. The molecule has 8 N–H and O–H groups in total. The Kier molecular flexibility index (Phi) is 25.0. The zero-order valence-electron chi connectivity index (χ0n) is 57.2. The van der Waals surface area contributed by atoms with Crippen molar-refractivity contribution in [2.45, 2.75) is 224 Å². The first-order chi connectivity index (χ1) is 44.1. The average molecular weight is 1320 g/mol. The number of non-ortho nitro benzene ring substituents is 1. The first-order valence-electron chi connectivity index (χ1n) is 32.6. The summed E-state index contributed by atoms with van der Waals surface area (Å²) in [6.45, 7) is 22.4. The number of carbonyl (C=O) groups excluding carboxylic acids is 4. The summed E-state index contributed by atoms with van der Waals surface area (Å²) in [5.41, 5.74) is 4.47. The molecule has 24 heteroatoms. The van der Waals surface area contributed by atoms with Crippen LogP contribution in [0.5, 0.6) is 0 Å². The molecule has 4 fully saturated rings. The van der Waals surface area contributed by atoms with Gasteiger partial charge in [-0.25, -0.2) is 9.59 Å². The highest BCUT2D eigenvalue weighted by atomic mass is 16.7. The van der Waals surface area contributed by atoms with Crippen LogP contribution in [0.4, 0.5) is 5.69 Å². The van der Waals surface area contributed by atoms with E-state index in [1.807, 2.05) is 62.3 Å². The number of carbonyl (C=O) groups is 4. The van der Waals surface area contributed by atoms with Crippen molar-refractivity contribution in [1.82, 2.24) is 15.1 Å². The Morgan fingerprint density at radius 3 is 2.00 bits per heavy atom. The van der Waals surface area contributed by atoms with Gasteiger partial charge in [0.25, 0.3) is 5.69 Å². The standard InChI is InChI=1S/C37H67NO13.C33H34N4O6/c1-14-25-37(10,45)30(41)20(4)27(39)18(2)16-35(8,44)32(51-34-28(40)24(38(11)12)15-19(3)47-34)21(5)29(22(6)33(43)49-25)50-26-17-36(9,46-13)31(42)23(7)48-26;1-20(2)42-32(38)27-21(3)35-31(34)29(28(27)24-15-10-16-25(17-24)37(40)41)33(39)43-26-18-36(19-26)30(22-11-6-4-7-12-22)23-13-8-5-9-14-23/h18-26,28-32,34,40-42,44-45H,14-17H2,1-13H3;4-17,20,26,28,30,35H,18-19,34H2,1-3H3/t18-,19-,20+,21+,22-,23+,24+,25-,26+,28-,29+,30-,31+,32-,34+,35-,36-,37-;/m1./s1. The molecule has 8 rings (SSSR count). The topological polar surface area (TPSA) is 331 Å². The van der Waals surface area contributed by atoms with E-state index in [1.165, 1.54) is 46.1 Å². The van der Waals surface area contributed by atoms with Gasteiger partial charge in [0.1, 0.15) is 41.6 Å². The molecule has 5 heterocycles. The molecule has 24 nitrogen and oxygen atoms in total. The quantitative estimate of drug-likeness (QED) is 0.0349. The lowest BCUT2D eigenvalue weighted by Gasteiger charge is -2.49. The van der Waals surface area contributed by atoms with Gasteiger partial charge in [-0.15, -0.1) is 0 Å². The minimum absolute atomic E-state index is 0.00271. The zero-order valence-corrected chi connectivity index (χ0v) is 57.2. The van der Waals surface area contributed by atoms with Gasteiger partial charge in [0.05, 0.1) is 81.8 Å². The Hall–Kier alpha value is -6.26. The number of esters is 3. The molecule has 0 radical (unpaired) electrons. The molecule has 1 unspecified atom stereocenters. The van der Waals surface area contributed by atoms with E-state index in [0.717, 1.165) is 11.1 Å². The van der Waals surface area contributed by atoms with Crippen LogP contribution in [-0.2, 0) is 57.1 Å². The monoisotopic (exact) mass is 1320 g/mol. The summed E-state index contributed by atoms with van der Waals surface area (Å²) < 4.78 is 48.5. The fourth-order valence-corrected chi connectivity index (χ4v) is 14.0. The lowest BCUT2D eigenvalue weighted by Crippen LogP contribution is -2.61. The molecule has 3 aromatic carbocycles. The van der Waals surface area contributed by atoms with Crippen LogP contribution in [0, 0.1) is 33.8 Å². The number of hydrogen-bond donors (Lipinski definition) is 7. The number of Topliss-reactive ketones (excluding diaryl/α,β-unsaturated/α-hetero) is 1. The number of likely N-dealkylation sites (tertiary alicyclic amines) is 1. The van der Waals surface area contributed by atoms with Crippen molar-refractivity contribution in [3.8, 4) is 0 Å². The second-order valence-electron chi connectivity index (χ2n) is 27.4. The average Bonchev–Trinajstić information content (AvgIpc) is 0.771. The number of nitro benzene ring substituents is 1. The fraction of sp³-hybridized carbons (Fsp3) is 0.629. The van der Waals surface area contributed by atoms with Crippen molar-refractivity contribution in [1.29, 1.82) is 0 Å². The summed E-state index contributed by atoms with van der Waals surface area (Å²) in [7, 11) is 5.18. The first-order valence-corrected chi connectivity index (χ1v) is 32.6.